The first-order valence-electron chi connectivity index (χ1n) is 9.91. The molecule has 10 heteroatoms. The highest BCUT2D eigenvalue weighted by atomic mass is 19.3. The normalized spacial score (nSPS) is 14.9. The van der Waals surface area contributed by atoms with Crippen molar-refractivity contribution in [2.75, 3.05) is 25.0 Å². The molecule has 0 atom stereocenters. The van der Waals surface area contributed by atoms with Gasteiger partial charge in [0.25, 0.3) is 0 Å². The molecule has 1 aliphatic heterocycles. The van der Waals surface area contributed by atoms with E-state index in [9.17, 15) is 13.6 Å². The van der Waals surface area contributed by atoms with Gasteiger partial charge in [-0.3, -0.25) is 0 Å². The van der Waals surface area contributed by atoms with Crippen LogP contribution in [0.1, 0.15) is 24.3 Å². The van der Waals surface area contributed by atoms with Gasteiger partial charge in [0.15, 0.2) is 0 Å². The molecule has 31 heavy (non-hydrogen) atoms. The number of rotatable bonds is 5. The van der Waals surface area contributed by atoms with E-state index in [0.29, 0.717) is 37.4 Å². The molecule has 2 aromatic heterocycles. The molecule has 164 valence electrons. The quantitative estimate of drug-likeness (QED) is 0.652. The van der Waals surface area contributed by atoms with Crippen LogP contribution in [0.4, 0.5) is 25.1 Å². The van der Waals surface area contributed by atoms with Crippen LogP contribution in [-0.4, -0.2) is 57.4 Å². The number of aromatic nitrogens is 3. The highest BCUT2D eigenvalue weighted by molar-refractivity contribution is 5.79. The van der Waals surface area contributed by atoms with Gasteiger partial charge in [0, 0.05) is 33.3 Å². The smallest absolute Gasteiger partial charge is 0.407 e. The zero-order chi connectivity index (χ0) is 22.1. The third-order valence-electron chi connectivity index (χ3n) is 5.74. The van der Waals surface area contributed by atoms with Crippen LogP contribution < -0.4 is 9.64 Å². The summed E-state index contributed by atoms with van der Waals surface area (Å²) < 4.78 is 33.0. The number of likely N-dealkylation sites (tertiary alicyclic amines) is 1. The molecule has 1 aliphatic rings. The number of piperidine rings is 1. The van der Waals surface area contributed by atoms with Crippen LogP contribution in [0.3, 0.4) is 0 Å². The van der Waals surface area contributed by atoms with Gasteiger partial charge in [0.05, 0.1) is 23.7 Å². The molecule has 1 saturated heterocycles. The molecule has 0 bridgehead atoms. The molecule has 0 saturated carbocycles. The predicted octanol–water partition coefficient (Wildman–Crippen LogP) is 4.20. The molecule has 1 aromatic carbocycles. The molecule has 8 nitrogen and oxygen atoms in total. The molecular weight excluding hydrogens is 408 g/mol. The maximum absolute atomic E-state index is 13.2. The Labute approximate surface area is 177 Å². The van der Waals surface area contributed by atoms with E-state index < -0.39 is 12.7 Å². The summed E-state index contributed by atoms with van der Waals surface area (Å²) in [7, 11) is 3.61. The topological polar surface area (TPSA) is 83.7 Å². The second-order valence-corrected chi connectivity index (χ2v) is 7.60. The highest BCUT2D eigenvalue weighted by Crippen LogP contribution is 2.38. The summed E-state index contributed by atoms with van der Waals surface area (Å²) in [5.41, 5.74) is 2.93. The molecule has 3 heterocycles. The number of fused-ring (bicyclic) bond motifs is 1. The lowest BCUT2D eigenvalue weighted by molar-refractivity contribution is -0.0495. The Morgan fingerprint density at radius 1 is 1.26 bits per heavy atom. The van der Waals surface area contributed by atoms with Gasteiger partial charge in [0.1, 0.15) is 17.1 Å². The van der Waals surface area contributed by atoms with E-state index in [1.165, 1.54) is 4.90 Å². The van der Waals surface area contributed by atoms with Crippen LogP contribution in [0.2, 0.25) is 0 Å². The van der Waals surface area contributed by atoms with Crippen molar-refractivity contribution < 1.29 is 23.4 Å². The Kier molecular flexibility index (Phi) is 5.62. The van der Waals surface area contributed by atoms with Gasteiger partial charge in [-0.2, -0.15) is 8.78 Å². The number of hydrogen-bond acceptors (Lipinski definition) is 5. The monoisotopic (exact) mass is 431 g/mol. The van der Waals surface area contributed by atoms with E-state index in [2.05, 4.69) is 9.97 Å². The number of anilines is 2. The van der Waals surface area contributed by atoms with Gasteiger partial charge >= 0.3 is 12.7 Å². The predicted molar refractivity (Wildman–Crippen MR) is 111 cm³/mol. The van der Waals surface area contributed by atoms with E-state index in [0.717, 1.165) is 16.6 Å². The minimum atomic E-state index is -2.97. The summed E-state index contributed by atoms with van der Waals surface area (Å²) in [5, 5.41) is 9.12. The van der Waals surface area contributed by atoms with Gasteiger partial charge < -0.3 is 24.2 Å². The molecular formula is C21H23F2N5O3. The Balaban J connectivity index is 1.63. The van der Waals surface area contributed by atoms with Crippen LogP contribution in [0, 0.1) is 0 Å². The van der Waals surface area contributed by atoms with Gasteiger partial charge in [-0.25, -0.2) is 14.8 Å². The highest BCUT2D eigenvalue weighted by Gasteiger charge is 2.25. The van der Waals surface area contributed by atoms with E-state index in [1.54, 1.807) is 36.6 Å². The van der Waals surface area contributed by atoms with E-state index in [1.807, 2.05) is 23.7 Å². The first-order valence-corrected chi connectivity index (χ1v) is 9.91. The average Bonchev–Trinajstić information content (AvgIpc) is 3.13. The van der Waals surface area contributed by atoms with Gasteiger partial charge in [-0.1, -0.05) is 6.07 Å². The van der Waals surface area contributed by atoms with E-state index in [-0.39, 0.29) is 11.7 Å². The largest absolute Gasteiger partial charge is 0.465 e. The Bertz CT molecular complexity index is 1100. The summed E-state index contributed by atoms with van der Waals surface area (Å²) >= 11 is 0. The molecule has 0 radical (unpaired) electrons. The fraction of sp³-hybridized carbons (Fsp3) is 0.381. The summed E-state index contributed by atoms with van der Waals surface area (Å²) in [6.07, 6.45) is 3.66. The maximum Gasteiger partial charge on any atom is 0.407 e. The lowest BCUT2D eigenvalue weighted by atomic mass is 9.89. The summed E-state index contributed by atoms with van der Waals surface area (Å²) in [6, 6.07) is 7.09. The summed E-state index contributed by atoms with van der Waals surface area (Å²) in [4.78, 5) is 22.8. The van der Waals surface area contributed by atoms with Crippen molar-refractivity contribution in [2.24, 2.45) is 7.05 Å². The van der Waals surface area contributed by atoms with Crippen LogP contribution in [0.5, 0.6) is 5.75 Å². The van der Waals surface area contributed by atoms with E-state index in [4.69, 9.17) is 9.84 Å². The minimum absolute atomic E-state index is 0.0579. The Morgan fingerprint density at radius 3 is 2.68 bits per heavy atom. The second kappa shape index (κ2) is 8.37. The van der Waals surface area contributed by atoms with Crippen LogP contribution in [0.25, 0.3) is 11.0 Å². The summed E-state index contributed by atoms with van der Waals surface area (Å²) in [5.74, 6) is 0.708. The van der Waals surface area contributed by atoms with Gasteiger partial charge in [-0.15, -0.1) is 0 Å². The molecule has 3 aromatic rings. The molecule has 0 aliphatic carbocycles. The Hall–Kier alpha value is -3.43. The van der Waals surface area contributed by atoms with Crippen molar-refractivity contribution in [1.29, 1.82) is 0 Å². The zero-order valence-corrected chi connectivity index (χ0v) is 17.2. The number of ether oxygens (including phenoxy) is 1. The maximum atomic E-state index is 13.2. The van der Waals surface area contributed by atoms with E-state index >= 15 is 0 Å². The molecule has 0 unspecified atom stereocenters. The fourth-order valence-electron chi connectivity index (χ4n) is 3.98. The van der Waals surface area contributed by atoms with Crippen molar-refractivity contribution in [3.63, 3.8) is 0 Å². The molecule has 1 fully saturated rings. The number of benzene rings is 1. The van der Waals surface area contributed by atoms with Crippen molar-refractivity contribution in [3.8, 4) is 5.75 Å². The third kappa shape index (κ3) is 4.23. The number of alkyl halides is 2. The number of halogens is 2. The van der Waals surface area contributed by atoms with Crippen LogP contribution >= 0.6 is 0 Å². The van der Waals surface area contributed by atoms with Gasteiger partial charge in [-0.05, 0) is 36.5 Å². The van der Waals surface area contributed by atoms with Crippen molar-refractivity contribution in [3.05, 3.63) is 42.4 Å². The van der Waals surface area contributed by atoms with Crippen LogP contribution in [0.15, 0.2) is 36.8 Å². The standard InChI is InChI=1S/C21H23F2N5O3/c1-26-12-25-15-11-24-19(10-17(15)26)27(2)16-4-3-14(9-18(16)31-20(22)23)13-5-7-28(8-6-13)21(29)30/h3-4,9-13,20H,5-8H2,1-2H3,(H,29,30). The fourth-order valence-corrected chi connectivity index (χ4v) is 3.98. The van der Waals surface area contributed by atoms with Gasteiger partial charge in [0.2, 0.25) is 0 Å². The summed E-state index contributed by atoms with van der Waals surface area (Å²) in [6.45, 7) is -2.13. The number of carbonyl (C=O) groups is 1. The van der Waals surface area contributed by atoms with Crippen LogP contribution in [-0.2, 0) is 7.05 Å². The number of pyridine rings is 1. The number of imidazole rings is 1. The number of hydrogen-bond donors (Lipinski definition) is 1. The third-order valence-corrected chi connectivity index (χ3v) is 5.74. The molecule has 1 amide bonds. The molecule has 1 N–H and O–H groups in total. The van der Waals surface area contributed by atoms with Crippen molar-refractivity contribution in [1.82, 2.24) is 19.4 Å². The van der Waals surface area contributed by atoms with Crippen molar-refractivity contribution in [2.45, 2.75) is 25.4 Å². The SMILES string of the molecule is CN(c1cc2c(cn1)ncn2C)c1ccc(C2CCN(C(=O)O)CC2)cc1OC(F)F. The molecule has 0 spiro atoms. The average molecular weight is 431 g/mol. The second-order valence-electron chi connectivity index (χ2n) is 7.60. The lowest BCUT2D eigenvalue weighted by Gasteiger charge is -2.31. The minimum Gasteiger partial charge on any atom is -0.465 e. The number of amides is 1. The number of nitrogens with zero attached hydrogens (tertiary/aromatic N) is 5. The zero-order valence-electron chi connectivity index (χ0n) is 17.2. The number of aryl methyl sites for hydroxylation is 1. The molecule has 4 rings (SSSR count). The Morgan fingerprint density at radius 2 is 2.00 bits per heavy atom. The first-order chi connectivity index (χ1) is 14.8. The lowest BCUT2D eigenvalue weighted by Crippen LogP contribution is -2.36. The van der Waals surface area contributed by atoms with Crippen molar-refractivity contribution >= 4 is 28.6 Å². The number of carboxylic acid groups (broad SMARTS) is 1. The first kappa shape index (κ1) is 20.8.